The van der Waals surface area contributed by atoms with Crippen LogP contribution in [0.1, 0.15) is 160 Å². The van der Waals surface area contributed by atoms with Gasteiger partial charge in [0.05, 0.1) is 0 Å². The quantitative estimate of drug-likeness (QED) is 0.227. The van der Waals surface area contributed by atoms with E-state index in [1.54, 1.807) is 0 Å². The molecule has 37 heavy (non-hydrogen) atoms. The largest absolute Gasteiger partial charge is 4.00 e. The van der Waals surface area contributed by atoms with E-state index in [0.717, 1.165) is 77.0 Å². The summed E-state index contributed by atoms with van der Waals surface area (Å²) in [5.74, 6) is 1.65. The molecule has 5 heteroatoms. The molecule has 0 aromatic rings. The second kappa shape index (κ2) is 34.1. The van der Waals surface area contributed by atoms with Crippen molar-refractivity contribution in [2.45, 2.75) is 185 Å². The van der Waals surface area contributed by atoms with E-state index in [9.17, 15) is 20.4 Å². The van der Waals surface area contributed by atoms with Gasteiger partial charge in [-0.3, -0.25) is 0 Å². The van der Waals surface area contributed by atoms with Crippen LogP contribution in [0.2, 0.25) is 0 Å². The van der Waals surface area contributed by atoms with E-state index in [1.807, 2.05) is 27.7 Å². The van der Waals surface area contributed by atoms with Gasteiger partial charge in [-0.1, -0.05) is 184 Å². The van der Waals surface area contributed by atoms with Crippen molar-refractivity contribution in [3.63, 3.8) is 0 Å². The molecule has 0 saturated carbocycles. The van der Waals surface area contributed by atoms with Crippen molar-refractivity contribution in [1.82, 2.24) is 0 Å². The number of hydrogen-bond acceptors (Lipinski definition) is 4. The van der Waals surface area contributed by atoms with Crippen LogP contribution in [0, 0.1) is 23.7 Å². The molecule has 0 rings (SSSR count). The summed E-state index contributed by atoms with van der Waals surface area (Å²) < 4.78 is 0. The summed E-state index contributed by atoms with van der Waals surface area (Å²) >= 11 is 0. The molecule has 0 fully saturated rings. The van der Waals surface area contributed by atoms with E-state index in [2.05, 4.69) is 55.4 Å². The molecule has 0 saturated heterocycles. The predicted octanol–water partition coefficient (Wildman–Crippen LogP) is 5.87. The molecule has 0 aromatic heterocycles. The summed E-state index contributed by atoms with van der Waals surface area (Å²) in [6, 6.07) is 0. The smallest absolute Gasteiger partial charge is 0.852 e. The van der Waals surface area contributed by atoms with E-state index >= 15 is 0 Å². The normalized spacial score (nSPS) is 13.9. The van der Waals surface area contributed by atoms with Crippen LogP contribution < -0.4 is 20.4 Å². The Morgan fingerprint density at radius 2 is 0.378 bits per heavy atom. The third-order valence-corrected chi connectivity index (χ3v) is 7.91. The van der Waals surface area contributed by atoms with Gasteiger partial charge in [-0.2, -0.15) is 0 Å². The average molecular weight is 545 g/mol. The van der Waals surface area contributed by atoms with E-state index in [1.165, 1.54) is 0 Å². The van der Waals surface area contributed by atoms with E-state index in [4.69, 9.17) is 0 Å². The van der Waals surface area contributed by atoms with Gasteiger partial charge in [-0.15, -0.1) is 24.4 Å². The standard InChI is InChI=1S/4C8H17O.Si/c4*1-4-7(5-2)8(9)6-3;/h4*7-8H,4-6H2,1-3H3;/q4*-1;+4. The summed E-state index contributed by atoms with van der Waals surface area (Å²) in [7, 11) is 0. The summed E-state index contributed by atoms with van der Waals surface area (Å²) in [6.45, 7) is 24.6. The van der Waals surface area contributed by atoms with Crippen molar-refractivity contribution in [3.05, 3.63) is 0 Å². The van der Waals surface area contributed by atoms with Crippen molar-refractivity contribution in [2.75, 3.05) is 0 Å². The Balaban J connectivity index is -0.000000122. The molecule has 0 bridgehead atoms. The minimum atomic E-state index is -0.319. The van der Waals surface area contributed by atoms with Gasteiger partial charge in [0, 0.05) is 0 Å². The third-order valence-electron chi connectivity index (χ3n) is 7.91. The van der Waals surface area contributed by atoms with Crippen LogP contribution in [-0.2, 0) is 0 Å². The molecule has 0 heterocycles. The van der Waals surface area contributed by atoms with Gasteiger partial charge >= 0.3 is 11.0 Å². The summed E-state index contributed by atoms with van der Waals surface area (Å²) in [5, 5.41) is 44.2. The monoisotopic (exact) mass is 544 g/mol. The van der Waals surface area contributed by atoms with Crippen molar-refractivity contribution >= 4 is 11.0 Å². The fourth-order valence-corrected chi connectivity index (χ4v) is 4.59. The molecule has 0 radical (unpaired) electrons. The maximum atomic E-state index is 11.1. The minimum absolute atomic E-state index is 0. The van der Waals surface area contributed by atoms with Crippen molar-refractivity contribution in [3.8, 4) is 0 Å². The van der Waals surface area contributed by atoms with E-state index < -0.39 is 0 Å². The Bertz CT molecular complexity index is 309. The molecule has 0 aliphatic heterocycles. The van der Waals surface area contributed by atoms with E-state index in [0.29, 0.717) is 23.7 Å². The van der Waals surface area contributed by atoms with Crippen LogP contribution in [0.4, 0.5) is 0 Å². The van der Waals surface area contributed by atoms with Crippen LogP contribution in [0.25, 0.3) is 0 Å². The summed E-state index contributed by atoms with van der Waals surface area (Å²) in [4.78, 5) is 0. The molecule has 0 N–H and O–H groups in total. The molecular weight excluding hydrogens is 476 g/mol. The molecule has 0 aliphatic carbocycles. The first-order valence-corrected chi connectivity index (χ1v) is 15.7. The predicted molar refractivity (Wildman–Crippen MR) is 158 cm³/mol. The molecule has 4 nitrogen and oxygen atoms in total. The second-order valence-corrected chi connectivity index (χ2v) is 10.1. The van der Waals surface area contributed by atoms with Crippen molar-refractivity contribution in [2.24, 2.45) is 23.7 Å². The molecule has 4 atom stereocenters. The van der Waals surface area contributed by atoms with Crippen LogP contribution >= 0.6 is 0 Å². The Morgan fingerprint density at radius 1 is 0.270 bits per heavy atom. The first kappa shape index (κ1) is 46.9. The first-order chi connectivity index (χ1) is 17.0. The van der Waals surface area contributed by atoms with Gasteiger partial charge in [0.15, 0.2) is 0 Å². The molecule has 0 aliphatic rings. The van der Waals surface area contributed by atoms with Crippen molar-refractivity contribution in [1.29, 1.82) is 0 Å². The number of rotatable bonds is 16. The first-order valence-electron chi connectivity index (χ1n) is 15.7. The Hall–Kier alpha value is 0.0569. The fourth-order valence-electron chi connectivity index (χ4n) is 4.59. The van der Waals surface area contributed by atoms with Crippen LogP contribution in [0.15, 0.2) is 0 Å². The molecule has 0 spiro atoms. The SMILES string of the molecule is CCC([O-])C(CC)CC.CCC([O-])C(CC)CC.CCC([O-])C(CC)CC.CCC([O-])C(CC)CC.[Si+4]. The second-order valence-electron chi connectivity index (χ2n) is 10.1. The molecule has 224 valence electrons. The number of hydrogen-bond donors (Lipinski definition) is 0. The van der Waals surface area contributed by atoms with Gasteiger partial charge in [0.2, 0.25) is 0 Å². The zero-order chi connectivity index (χ0) is 29.1. The zero-order valence-electron chi connectivity index (χ0n) is 27.2. The van der Waals surface area contributed by atoms with Crippen LogP contribution in [-0.4, -0.2) is 35.4 Å². The third kappa shape index (κ3) is 26.1. The summed E-state index contributed by atoms with van der Waals surface area (Å²) in [6.07, 6.45) is 10.2. The molecule has 4 unspecified atom stereocenters. The van der Waals surface area contributed by atoms with Crippen LogP contribution in [0.3, 0.4) is 0 Å². The van der Waals surface area contributed by atoms with Gasteiger partial charge in [-0.25, -0.2) is 0 Å². The maximum absolute atomic E-state index is 11.1. The van der Waals surface area contributed by atoms with Crippen LogP contribution in [0.5, 0.6) is 0 Å². The molecule has 0 amide bonds. The average Bonchev–Trinajstić information content (AvgIpc) is 2.91. The molecular formula is C32H68O4Si. The van der Waals surface area contributed by atoms with Gasteiger partial charge in [0.25, 0.3) is 0 Å². The van der Waals surface area contributed by atoms with Gasteiger partial charge < -0.3 is 20.4 Å². The van der Waals surface area contributed by atoms with Gasteiger partial charge in [0.1, 0.15) is 0 Å². The fraction of sp³-hybridized carbons (Fsp3) is 1.00. The zero-order valence-corrected chi connectivity index (χ0v) is 28.2. The summed E-state index contributed by atoms with van der Waals surface area (Å²) in [5.41, 5.74) is 0. The van der Waals surface area contributed by atoms with E-state index in [-0.39, 0.29) is 35.4 Å². The molecule has 0 aromatic carbocycles. The minimum Gasteiger partial charge on any atom is -0.852 e. The maximum Gasteiger partial charge on any atom is 4.00 e. The Kier molecular flexibility index (Phi) is 43.2. The van der Waals surface area contributed by atoms with Gasteiger partial charge in [-0.05, 0) is 0 Å². The Morgan fingerprint density at radius 3 is 0.405 bits per heavy atom. The van der Waals surface area contributed by atoms with Crippen molar-refractivity contribution < 1.29 is 20.4 Å². The topological polar surface area (TPSA) is 92.2 Å². The Labute approximate surface area is 239 Å².